The molecule has 0 amide bonds. The van der Waals surface area contributed by atoms with Crippen molar-refractivity contribution in [1.82, 2.24) is 5.01 Å². The summed E-state index contributed by atoms with van der Waals surface area (Å²) in [7, 11) is 4.03. The molecule has 3 rings (SSSR count). The molecule has 0 aliphatic carbocycles. The van der Waals surface area contributed by atoms with Crippen molar-refractivity contribution in [3.8, 4) is 0 Å². The Morgan fingerprint density at radius 3 is 1.97 bits per heavy atom. The molecule has 0 saturated heterocycles. The maximum atomic E-state index is 4.93. The molecule has 3 aromatic carbocycles. The van der Waals surface area contributed by atoms with Crippen LogP contribution in [0.1, 0.15) is 29.5 Å². The number of aryl methyl sites for hydroxylation is 1. The van der Waals surface area contributed by atoms with Gasteiger partial charge in [-0.25, -0.2) is 0 Å². The molecule has 1 atom stereocenters. The summed E-state index contributed by atoms with van der Waals surface area (Å²) in [5.74, 6) is 0.374. The largest absolute Gasteiger partial charge is 0.303 e. The molecule has 0 fully saturated rings. The van der Waals surface area contributed by atoms with Gasteiger partial charge in [-0.05, 0) is 42.4 Å². The lowest BCUT2D eigenvalue weighted by Crippen LogP contribution is -2.21. The molecule has 0 bridgehead atoms. The molecule has 1 unspecified atom stereocenters. The van der Waals surface area contributed by atoms with Crippen LogP contribution in [-0.4, -0.2) is 24.8 Å². The summed E-state index contributed by atoms with van der Waals surface area (Å²) >= 11 is 0. The van der Waals surface area contributed by atoms with Crippen LogP contribution < -0.4 is 0 Å². The van der Waals surface area contributed by atoms with Gasteiger partial charge in [0.15, 0.2) is 0 Å². The van der Waals surface area contributed by atoms with E-state index in [2.05, 4.69) is 103 Å². The van der Waals surface area contributed by atoms with Crippen molar-refractivity contribution in [3.05, 3.63) is 114 Å². The zero-order valence-corrected chi connectivity index (χ0v) is 18.1. The minimum Gasteiger partial charge on any atom is -0.303 e. The topological polar surface area (TPSA) is 15.6 Å². The molecule has 0 aromatic heterocycles. The van der Waals surface area contributed by atoms with E-state index in [0.29, 0.717) is 5.92 Å². The first kappa shape index (κ1) is 21.6. The Labute approximate surface area is 181 Å². The highest BCUT2D eigenvalue weighted by atomic mass is 15.4. The fraction of sp³-hybridized carbons (Fsp3) is 0.250. The van der Waals surface area contributed by atoms with E-state index in [1.807, 2.05) is 19.1 Å². The number of hydrogen-bond donors (Lipinski definition) is 0. The monoisotopic (exact) mass is 396 g/mol. The molecule has 0 aliphatic heterocycles. The fourth-order valence-electron chi connectivity index (χ4n) is 3.68. The summed E-state index contributed by atoms with van der Waals surface area (Å²) in [6.07, 6.45) is 8.49. The van der Waals surface area contributed by atoms with Crippen LogP contribution in [0.4, 0.5) is 0 Å². The predicted molar refractivity (Wildman–Crippen MR) is 130 cm³/mol. The Morgan fingerprint density at radius 2 is 1.37 bits per heavy atom. The molecule has 0 radical (unpaired) electrons. The van der Waals surface area contributed by atoms with E-state index < -0.39 is 0 Å². The molecule has 30 heavy (non-hydrogen) atoms. The van der Waals surface area contributed by atoms with Crippen LogP contribution in [0, 0.1) is 5.92 Å². The van der Waals surface area contributed by atoms with Gasteiger partial charge in [-0.1, -0.05) is 103 Å². The summed E-state index contributed by atoms with van der Waals surface area (Å²) in [6, 6.07) is 32.0. The number of rotatable bonds is 10. The number of hydrazone groups is 1. The first-order chi connectivity index (χ1) is 14.7. The average Bonchev–Trinajstić information content (AvgIpc) is 2.78. The Balaban J connectivity index is 1.79. The summed E-state index contributed by atoms with van der Waals surface area (Å²) in [4.78, 5) is 0. The third kappa shape index (κ3) is 7.36. The van der Waals surface area contributed by atoms with E-state index in [4.69, 9.17) is 5.10 Å². The van der Waals surface area contributed by atoms with Crippen LogP contribution in [0.3, 0.4) is 0 Å². The smallest absolute Gasteiger partial charge is 0.0421 e. The summed E-state index contributed by atoms with van der Waals surface area (Å²) in [5.41, 5.74) is 5.24. The molecule has 0 aliphatic rings. The second kappa shape index (κ2) is 11.8. The van der Waals surface area contributed by atoms with Gasteiger partial charge in [0.05, 0.1) is 0 Å². The Hall–Kier alpha value is -3.13. The number of allylic oxidation sites excluding steroid dienone is 1. The summed E-state index contributed by atoms with van der Waals surface area (Å²) in [5, 5.41) is 6.87. The zero-order valence-electron chi connectivity index (χ0n) is 18.1. The van der Waals surface area contributed by atoms with E-state index in [0.717, 1.165) is 25.7 Å². The highest BCUT2D eigenvalue weighted by Crippen LogP contribution is 2.20. The third-order valence-electron chi connectivity index (χ3n) is 5.17. The minimum absolute atomic E-state index is 0.374. The van der Waals surface area contributed by atoms with Crippen LogP contribution in [0.2, 0.25) is 0 Å². The number of hydrogen-bond acceptors (Lipinski definition) is 2. The van der Waals surface area contributed by atoms with Crippen molar-refractivity contribution < 1.29 is 0 Å². The standard InChI is InChI=1S/C28H32N2/c1-30(2)29-28(22-21-25-15-8-4-9-16-25)27(23-26-17-10-5-11-18-26)20-12-19-24-13-6-3-7-14-24/h3-19,27H,20-23H2,1-2H3/b19-12+,29-28-. The Kier molecular flexibility index (Phi) is 8.47. The second-order valence-corrected chi connectivity index (χ2v) is 7.86. The van der Waals surface area contributed by atoms with Crippen LogP contribution in [0.5, 0.6) is 0 Å². The molecule has 2 nitrogen and oxygen atoms in total. The Morgan fingerprint density at radius 1 is 0.800 bits per heavy atom. The molecule has 0 heterocycles. The molecule has 0 N–H and O–H groups in total. The zero-order chi connectivity index (χ0) is 21.0. The first-order valence-corrected chi connectivity index (χ1v) is 10.7. The molecule has 3 aromatic rings. The SMILES string of the molecule is CN(C)/N=C(/CCc1ccccc1)C(C/C=C/c1ccccc1)Cc1ccccc1. The van der Waals surface area contributed by atoms with Crippen LogP contribution in [-0.2, 0) is 12.8 Å². The fourth-order valence-corrected chi connectivity index (χ4v) is 3.68. The number of nitrogens with zero attached hydrogens (tertiary/aromatic N) is 2. The maximum absolute atomic E-state index is 4.93. The molecular formula is C28H32N2. The van der Waals surface area contributed by atoms with Crippen LogP contribution >= 0.6 is 0 Å². The van der Waals surface area contributed by atoms with Crippen LogP contribution in [0.25, 0.3) is 6.08 Å². The van der Waals surface area contributed by atoms with E-state index >= 15 is 0 Å². The van der Waals surface area contributed by atoms with E-state index in [9.17, 15) is 0 Å². The van der Waals surface area contributed by atoms with Gasteiger partial charge >= 0.3 is 0 Å². The quantitative estimate of drug-likeness (QED) is 0.282. The van der Waals surface area contributed by atoms with Gasteiger partial charge in [-0.15, -0.1) is 0 Å². The van der Waals surface area contributed by atoms with E-state index in [1.54, 1.807) is 0 Å². The predicted octanol–water partition coefficient (Wildman–Crippen LogP) is 6.50. The molecule has 0 saturated carbocycles. The summed E-state index contributed by atoms with van der Waals surface area (Å²) in [6.45, 7) is 0. The van der Waals surface area contributed by atoms with Gasteiger partial charge in [0.25, 0.3) is 0 Å². The second-order valence-electron chi connectivity index (χ2n) is 7.86. The van der Waals surface area contributed by atoms with Crippen molar-refractivity contribution in [2.45, 2.75) is 25.7 Å². The van der Waals surface area contributed by atoms with Gasteiger partial charge in [-0.3, -0.25) is 0 Å². The summed E-state index contributed by atoms with van der Waals surface area (Å²) < 4.78 is 0. The van der Waals surface area contributed by atoms with Gasteiger partial charge in [0.1, 0.15) is 0 Å². The average molecular weight is 397 g/mol. The van der Waals surface area contributed by atoms with Crippen molar-refractivity contribution in [3.63, 3.8) is 0 Å². The Bertz CT molecular complexity index is 913. The van der Waals surface area contributed by atoms with Crippen LogP contribution in [0.15, 0.2) is 102 Å². The molecule has 154 valence electrons. The van der Waals surface area contributed by atoms with Gasteiger partial charge in [-0.2, -0.15) is 5.10 Å². The van der Waals surface area contributed by atoms with Gasteiger partial charge in [0.2, 0.25) is 0 Å². The highest BCUT2D eigenvalue weighted by Gasteiger charge is 2.17. The molecular weight excluding hydrogens is 364 g/mol. The molecule has 2 heteroatoms. The lowest BCUT2D eigenvalue weighted by molar-refractivity contribution is 0.429. The lowest BCUT2D eigenvalue weighted by atomic mass is 9.88. The van der Waals surface area contributed by atoms with Crippen molar-refractivity contribution in [2.75, 3.05) is 14.1 Å². The third-order valence-corrected chi connectivity index (χ3v) is 5.17. The van der Waals surface area contributed by atoms with Gasteiger partial charge < -0.3 is 5.01 Å². The highest BCUT2D eigenvalue weighted by molar-refractivity contribution is 5.87. The van der Waals surface area contributed by atoms with Gasteiger partial charge in [0, 0.05) is 25.7 Å². The van der Waals surface area contributed by atoms with Crippen molar-refractivity contribution >= 4 is 11.8 Å². The normalized spacial score (nSPS) is 12.8. The van der Waals surface area contributed by atoms with E-state index in [-0.39, 0.29) is 0 Å². The minimum atomic E-state index is 0.374. The molecule has 0 spiro atoms. The number of benzene rings is 3. The van der Waals surface area contributed by atoms with E-state index in [1.165, 1.54) is 22.4 Å². The first-order valence-electron chi connectivity index (χ1n) is 10.7. The van der Waals surface area contributed by atoms with Crippen molar-refractivity contribution in [2.24, 2.45) is 11.0 Å². The lowest BCUT2D eigenvalue weighted by Gasteiger charge is -2.20. The van der Waals surface area contributed by atoms with Crippen molar-refractivity contribution in [1.29, 1.82) is 0 Å². The maximum Gasteiger partial charge on any atom is 0.0421 e.